The molecule has 0 fully saturated rings. The Morgan fingerprint density at radius 3 is 2.17 bits per heavy atom. The van der Waals surface area contributed by atoms with Gasteiger partial charge in [0.1, 0.15) is 0 Å². The summed E-state index contributed by atoms with van der Waals surface area (Å²) in [6, 6.07) is 18.8. The lowest BCUT2D eigenvalue weighted by Gasteiger charge is -2.26. The first-order valence-corrected chi connectivity index (χ1v) is 10.8. The van der Waals surface area contributed by atoms with E-state index < -0.39 is 36.5 Å². The third kappa shape index (κ3) is 5.97. The second-order valence-electron chi connectivity index (χ2n) is 8.20. The summed E-state index contributed by atoms with van der Waals surface area (Å²) < 4.78 is 41.0. The number of carboxylic acids is 1. The molecule has 0 aromatic heterocycles. The number of aliphatic carboxylic acids is 1. The Morgan fingerprint density at radius 2 is 1.57 bits per heavy atom. The van der Waals surface area contributed by atoms with Gasteiger partial charge >= 0.3 is 12.1 Å². The molecule has 3 aromatic carbocycles. The molecular formula is C27H26F3NO4. The van der Waals surface area contributed by atoms with Gasteiger partial charge in [0.25, 0.3) is 0 Å². The maximum atomic E-state index is 13.7. The third-order valence-electron chi connectivity index (χ3n) is 5.90. The van der Waals surface area contributed by atoms with Crippen LogP contribution in [0.25, 0.3) is 23.3 Å². The van der Waals surface area contributed by atoms with Gasteiger partial charge in [-0.15, -0.1) is 0 Å². The first kappa shape index (κ1) is 26.2. The Labute approximate surface area is 201 Å². The van der Waals surface area contributed by atoms with Crippen LogP contribution in [0, 0.1) is 6.92 Å². The van der Waals surface area contributed by atoms with Crippen LogP contribution in [0.2, 0.25) is 0 Å². The van der Waals surface area contributed by atoms with Crippen molar-refractivity contribution in [3.63, 3.8) is 0 Å². The molecule has 0 aliphatic heterocycles. The monoisotopic (exact) mass is 485 g/mol. The quantitative estimate of drug-likeness (QED) is 0.329. The number of aliphatic hydroxyl groups excluding tert-OH is 2. The van der Waals surface area contributed by atoms with E-state index in [4.69, 9.17) is 0 Å². The normalized spacial score (nSPS) is 12.3. The van der Waals surface area contributed by atoms with Gasteiger partial charge in [-0.1, -0.05) is 66.7 Å². The molecule has 5 nitrogen and oxygen atoms in total. The van der Waals surface area contributed by atoms with Gasteiger partial charge in [0.2, 0.25) is 0 Å². The van der Waals surface area contributed by atoms with Crippen LogP contribution in [0.15, 0.2) is 66.7 Å². The first-order valence-electron chi connectivity index (χ1n) is 10.8. The van der Waals surface area contributed by atoms with E-state index in [0.717, 1.165) is 28.3 Å². The fourth-order valence-corrected chi connectivity index (χ4v) is 3.71. The number of alkyl halides is 3. The van der Waals surface area contributed by atoms with Crippen molar-refractivity contribution in [2.45, 2.75) is 25.2 Å². The van der Waals surface area contributed by atoms with Crippen molar-refractivity contribution in [1.29, 1.82) is 0 Å². The summed E-state index contributed by atoms with van der Waals surface area (Å²) in [6.07, 6.45) is -1.59. The van der Waals surface area contributed by atoms with E-state index in [-0.39, 0.29) is 12.1 Å². The Bertz CT molecular complexity index is 1200. The van der Waals surface area contributed by atoms with E-state index in [0.29, 0.717) is 5.56 Å². The summed E-state index contributed by atoms with van der Waals surface area (Å²) in [5.74, 6) is -1.47. The number of benzene rings is 3. The standard InChI is InChI=1S/C27H26F3NO4/c1-18-20(8-5-9-23(18)21-6-3-2-4-7-21)11-12-22-14-19(10-13-24(22)27(28,29)30)15-31-26(16-32,17-33)25(34)35/h2-14,31-33H,15-17H2,1H3,(H,34,35). The van der Waals surface area contributed by atoms with E-state index in [1.807, 2.05) is 55.5 Å². The molecule has 0 amide bonds. The molecule has 35 heavy (non-hydrogen) atoms. The summed E-state index contributed by atoms with van der Waals surface area (Å²) >= 11 is 0. The topological polar surface area (TPSA) is 89.8 Å². The van der Waals surface area contributed by atoms with Gasteiger partial charge in [0.15, 0.2) is 5.54 Å². The molecule has 0 heterocycles. The minimum atomic E-state index is -4.59. The zero-order valence-electron chi connectivity index (χ0n) is 19.0. The van der Waals surface area contributed by atoms with Crippen molar-refractivity contribution in [1.82, 2.24) is 5.32 Å². The number of halogens is 3. The van der Waals surface area contributed by atoms with E-state index in [9.17, 15) is 33.3 Å². The van der Waals surface area contributed by atoms with Crippen molar-refractivity contribution in [2.75, 3.05) is 13.2 Å². The Balaban J connectivity index is 1.96. The average Bonchev–Trinajstić information content (AvgIpc) is 2.84. The number of aliphatic hydroxyl groups is 2. The minimum absolute atomic E-state index is 0.0877. The van der Waals surface area contributed by atoms with Gasteiger partial charge in [0.05, 0.1) is 18.8 Å². The molecule has 3 rings (SSSR count). The largest absolute Gasteiger partial charge is 0.480 e. The molecule has 0 saturated carbocycles. The molecule has 0 unspecified atom stereocenters. The van der Waals surface area contributed by atoms with Crippen LogP contribution < -0.4 is 5.32 Å². The number of carbonyl (C=O) groups is 1. The molecule has 0 spiro atoms. The molecule has 0 saturated heterocycles. The molecular weight excluding hydrogens is 459 g/mol. The molecule has 184 valence electrons. The first-order chi connectivity index (χ1) is 16.6. The number of carboxylic acid groups (broad SMARTS) is 1. The number of hydrogen-bond donors (Lipinski definition) is 4. The Hall–Kier alpha value is -3.46. The van der Waals surface area contributed by atoms with Gasteiger partial charge in [-0.3, -0.25) is 10.1 Å². The van der Waals surface area contributed by atoms with Crippen molar-refractivity contribution < 1.29 is 33.3 Å². The zero-order valence-corrected chi connectivity index (χ0v) is 19.0. The van der Waals surface area contributed by atoms with E-state index in [1.54, 1.807) is 6.08 Å². The summed E-state index contributed by atoms with van der Waals surface area (Å²) in [6.45, 7) is -0.0380. The van der Waals surface area contributed by atoms with Crippen molar-refractivity contribution in [3.8, 4) is 11.1 Å². The molecule has 4 N–H and O–H groups in total. The molecule has 8 heteroatoms. The number of nitrogens with one attached hydrogen (secondary N) is 1. The highest BCUT2D eigenvalue weighted by molar-refractivity contribution is 5.79. The number of hydrogen-bond acceptors (Lipinski definition) is 4. The lowest BCUT2D eigenvalue weighted by atomic mass is 9.95. The lowest BCUT2D eigenvalue weighted by molar-refractivity contribution is -0.149. The number of rotatable bonds is 9. The zero-order chi connectivity index (χ0) is 25.6. The second kappa shape index (κ2) is 10.9. The van der Waals surface area contributed by atoms with Crippen molar-refractivity contribution in [3.05, 3.63) is 94.5 Å². The van der Waals surface area contributed by atoms with Gasteiger partial charge < -0.3 is 15.3 Å². The van der Waals surface area contributed by atoms with Crippen LogP contribution in [-0.4, -0.2) is 40.0 Å². The van der Waals surface area contributed by atoms with Gasteiger partial charge in [-0.05, 0) is 52.4 Å². The summed E-state index contributed by atoms with van der Waals surface area (Å²) in [5, 5.41) is 30.7. The predicted octanol–water partition coefficient (Wildman–Crippen LogP) is 4.75. The Morgan fingerprint density at radius 1 is 0.914 bits per heavy atom. The third-order valence-corrected chi connectivity index (χ3v) is 5.90. The fraction of sp³-hybridized carbons (Fsp3) is 0.222. The van der Waals surface area contributed by atoms with Crippen LogP contribution in [0.3, 0.4) is 0 Å². The second-order valence-corrected chi connectivity index (χ2v) is 8.20. The maximum absolute atomic E-state index is 13.7. The molecule has 0 aliphatic carbocycles. The smallest absolute Gasteiger partial charge is 0.416 e. The summed E-state index contributed by atoms with van der Waals surface area (Å²) in [7, 11) is 0. The van der Waals surface area contributed by atoms with Crippen LogP contribution in [0.4, 0.5) is 13.2 Å². The van der Waals surface area contributed by atoms with Crippen molar-refractivity contribution >= 4 is 18.1 Å². The minimum Gasteiger partial charge on any atom is -0.480 e. The van der Waals surface area contributed by atoms with Crippen LogP contribution in [-0.2, 0) is 17.5 Å². The molecule has 0 bridgehead atoms. The van der Waals surface area contributed by atoms with E-state index in [1.165, 1.54) is 18.2 Å². The SMILES string of the molecule is Cc1c(C=Cc2cc(CNC(CO)(CO)C(=O)O)ccc2C(F)(F)F)cccc1-c1ccccc1. The highest BCUT2D eigenvalue weighted by Crippen LogP contribution is 2.34. The fourth-order valence-electron chi connectivity index (χ4n) is 3.71. The predicted molar refractivity (Wildman–Crippen MR) is 128 cm³/mol. The molecule has 3 aromatic rings. The van der Waals surface area contributed by atoms with E-state index >= 15 is 0 Å². The summed E-state index contributed by atoms with van der Waals surface area (Å²) in [4.78, 5) is 11.4. The maximum Gasteiger partial charge on any atom is 0.416 e. The van der Waals surface area contributed by atoms with Crippen LogP contribution in [0.1, 0.15) is 27.8 Å². The highest BCUT2D eigenvalue weighted by Gasteiger charge is 2.37. The Kier molecular flexibility index (Phi) is 8.11. The molecule has 0 aliphatic rings. The van der Waals surface area contributed by atoms with Crippen LogP contribution >= 0.6 is 0 Å². The van der Waals surface area contributed by atoms with Crippen molar-refractivity contribution in [2.24, 2.45) is 0 Å². The lowest BCUT2D eigenvalue weighted by Crippen LogP contribution is -2.57. The highest BCUT2D eigenvalue weighted by atomic mass is 19.4. The van der Waals surface area contributed by atoms with E-state index in [2.05, 4.69) is 5.32 Å². The van der Waals surface area contributed by atoms with Gasteiger partial charge in [0, 0.05) is 6.54 Å². The molecule has 0 atom stereocenters. The molecule has 0 radical (unpaired) electrons. The summed E-state index contributed by atoms with van der Waals surface area (Å²) in [5.41, 5.74) is 1.08. The van der Waals surface area contributed by atoms with Gasteiger partial charge in [-0.25, -0.2) is 0 Å². The average molecular weight is 486 g/mol. The van der Waals surface area contributed by atoms with Gasteiger partial charge in [-0.2, -0.15) is 13.2 Å². The van der Waals surface area contributed by atoms with Crippen LogP contribution in [0.5, 0.6) is 0 Å².